The lowest BCUT2D eigenvalue weighted by Gasteiger charge is -2.39. The van der Waals surface area contributed by atoms with Crippen LogP contribution in [0.5, 0.6) is 0 Å². The van der Waals surface area contributed by atoms with E-state index in [1.54, 1.807) is 0 Å². The zero-order chi connectivity index (χ0) is 20.0. The van der Waals surface area contributed by atoms with Crippen LogP contribution in [0.15, 0.2) is 0 Å². The van der Waals surface area contributed by atoms with E-state index in [1.807, 2.05) is 0 Å². The Hall–Kier alpha value is -1.45. The Morgan fingerprint density at radius 3 is 2.44 bits per heavy atom. The monoisotopic (exact) mass is 426 g/mol. The molecule has 0 aromatic rings. The minimum absolute atomic E-state index is 0.113. The number of rotatable bonds is 4. The molecule has 3 saturated heterocycles. The second-order valence-electron chi connectivity index (χ2n) is 6.90. The number of carbonyl (C=O) groups is 2. The van der Waals surface area contributed by atoms with Gasteiger partial charge in [0.2, 0.25) is 5.91 Å². The number of carbonyl (C=O) groups excluding carboxylic acids is 2. The van der Waals surface area contributed by atoms with Crippen LogP contribution >= 0.6 is 10.6 Å². The minimum Gasteiger partial charge on any atom is -0.313 e. The van der Waals surface area contributed by atoms with Crippen molar-refractivity contribution in [1.29, 1.82) is 5.41 Å². The zero-order valence-electron chi connectivity index (χ0n) is 14.3. The summed E-state index contributed by atoms with van der Waals surface area (Å²) < 4.78 is 54.1. The lowest BCUT2D eigenvalue weighted by atomic mass is 9.98. The Bertz CT molecular complexity index is 747. The SMILES string of the molecule is N=C(NC(=O)C1CCS(O)(O)CC1)C1CCC2CN1C(=O)N2OS(=O)(=O)O. The van der Waals surface area contributed by atoms with Gasteiger partial charge in [-0.2, -0.15) is 24.1 Å². The molecule has 27 heavy (non-hydrogen) atoms. The standard InChI is InChI=1S/C13H22N4O8S2/c14-11(15-12(18)8-3-5-26(20,21)6-4-8)10-2-1-9-7-16(10)13(19)17(9)25-27(22,23)24/h8-10,20-21H,1-7H2,(H2,14,15,18)(H,22,23,24). The molecule has 2 atom stereocenters. The molecule has 0 spiro atoms. The van der Waals surface area contributed by atoms with Gasteiger partial charge in [-0.05, 0) is 25.7 Å². The smallest absolute Gasteiger partial charge is 0.313 e. The number of urea groups is 1. The molecular weight excluding hydrogens is 404 g/mol. The number of fused-ring (bicyclic) bond motifs is 2. The second kappa shape index (κ2) is 7.18. The highest BCUT2D eigenvalue weighted by Gasteiger charge is 2.48. The van der Waals surface area contributed by atoms with Crippen molar-refractivity contribution in [2.24, 2.45) is 5.92 Å². The number of nitrogens with zero attached hydrogens (tertiary/aromatic N) is 2. The molecular formula is C13H22N4O8S2. The molecule has 14 heteroatoms. The summed E-state index contributed by atoms with van der Waals surface area (Å²) in [5.41, 5.74) is 0. The fourth-order valence-corrected chi connectivity index (χ4v) is 5.54. The van der Waals surface area contributed by atoms with Crippen molar-refractivity contribution < 1.29 is 35.9 Å². The van der Waals surface area contributed by atoms with Crippen LogP contribution in [0.1, 0.15) is 25.7 Å². The van der Waals surface area contributed by atoms with Gasteiger partial charge in [0.15, 0.2) is 0 Å². The highest BCUT2D eigenvalue weighted by atomic mass is 32.3. The van der Waals surface area contributed by atoms with Crippen LogP contribution < -0.4 is 5.32 Å². The molecule has 3 rings (SSSR count). The number of nitrogens with one attached hydrogen (secondary N) is 2. The van der Waals surface area contributed by atoms with Crippen LogP contribution in [-0.4, -0.2) is 79.9 Å². The fraction of sp³-hybridized carbons (Fsp3) is 0.769. The van der Waals surface area contributed by atoms with Gasteiger partial charge in [-0.1, -0.05) is 0 Å². The number of hydroxylamine groups is 2. The van der Waals surface area contributed by atoms with Crippen LogP contribution in [0.2, 0.25) is 0 Å². The molecule has 3 aliphatic heterocycles. The highest BCUT2D eigenvalue weighted by molar-refractivity contribution is 8.24. The van der Waals surface area contributed by atoms with E-state index in [-0.39, 0.29) is 23.9 Å². The van der Waals surface area contributed by atoms with Crippen molar-refractivity contribution in [2.75, 3.05) is 18.1 Å². The lowest BCUT2D eigenvalue weighted by molar-refractivity contribution is -0.123. The predicted molar refractivity (Wildman–Crippen MR) is 94.6 cm³/mol. The summed E-state index contributed by atoms with van der Waals surface area (Å²) in [5, 5.41) is 11.2. The molecule has 2 unspecified atom stereocenters. The highest BCUT2D eigenvalue weighted by Crippen LogP contribution is 2.45. The van der Waals surface area contributed by atoms with Crippen molar-refractivity contribution in [3.8, 4) is 0 Å². The summed E-state index contributed by atoms with van der Waals surface area (Å²) in [6, 6.07) is -2.11. The first-order chi connectivity index (χ1) is 12.5. The topological polar surface area (TPSA) is 181 Å². The minimum atomic E-state index is -4.84. The first kappa shape index (κ1) is 20.3. The fourth-order valence-electron chi connectivity index (χ4n) is 3.62. The maximum absolute atomic E-state index is 12.3. The van der Waals surface area contributed by atoms with Crippen molar-refractivity contribution in [3.05, 3.63) is 0 Å². The molecule has 12 nitrogen and oxygen atoms in total. The molecule has 0 aromatic heterocycles. The van der Waals surface area contributed by atoms with E-state index in [4.69, 9.17) is 9.96 Å². The van der Waals surface area contributed by atoms with Gasteiger partial charge in [-0.3, -0.25) is 23.9 Å². The number of hydrogen-bond acceptors (Lipinski definition) is 8. The van der Waals surface area contributed by atoms with Gasteiger partial charge in [0.25, 0.3) is 0 Å². The first-order valence-corrected chi connectivity index (χ1v) is 11.6. The quantitative estimate of drug-likeness (QED) is 0.241. The van der Waals surface area contributed by atoms with Gasteiger partial charge in [-0.15, -0.1) is 4.28 Å². The molecule has 5 N–H and O–H groups in total. The largest absolute Gasteiger partial charge is 0.418 e. The Labute approximate surface area is 157 Å². The maximum Gasteiger partial charge on any atom is 0.418 e. The Morgan fingerprint density at radius 1 is 1.22 bits per heavy atom. The summed E-state index contributed by atoms with van der Waals surface area (Å²) in [4.78, 5) is 25.9. The normalized spacial score (nSPS) is 29.5. The van der Waals surface area contributed by atoms with Crippen molar-refractivity contribution in [2.45, 2.75) is 37.8 Å². The van der Waals surface area contributed by atoms with E-state index in [1.165, 1.54) is 4.90 Å². The van der Waals surface area contributed by atoms with Gasteiger partial charge in [0, 0.05) is 24.0 Å². The van der Waals surface area contributed by atoms with Crippen molar-refractivity contribution in [1.82, 2.24) is 15.3 Å². The average molecular weight is 426 g/mol. The van der Waals surface area contributed by atoms with Crippen LogP contribution in [0.25, 0.3) is 0 Å². The molecule has 0 saturated carbocycles. The Kier molecular flexibility index (Phi) is 5.39. The van der Waals surface area contributed by atoms with E-state index >= 15 is 0 Å². The summed E-state index contributed by atoms with van der Waals surface area (Å²) in [6.45, 7) is 0.113. The molecule has 154 valence electrons. The first-order valence-electron chi connectivity index (χ1n) is 8.36. The molecule has 0 radical (unpaired) electrons. The van der Waals surface area contributed by atoms with Gasteiger partial charge in [0.1, 0.15) is 5.84 Å². The van der Waals surface area contributed by atoms with Crippen molar-refractivity contribution in [3.63, 3.8) is 0 Å². The molecule has 2 bridgehead atoms. The van der Waals surface area contributed by atoms with Crippen molar-refractivity contribution >= 4 is 38.8 Å². The summed E-state index contributed by atoms with van der Waals surface area (Å²) in [6.07, 6.45) is 1.29. The molecule has 3 amide bonds. The number of amidine groups is 1. The summed E-state index contributed by atoms with van der Waals surface area (Å²) in [5.74, 6) is -0.728. The van der Waals surface area contributed by atoms with E-state index in [0.29, 0.717) is 30.7 Å². The van der Waals surface area contributed by atoms with Crippen LogP contribution in [0.4, 0.5) is 4.79 Å². The van der Waals surface area contributed by atoms with Crippen LogP contribution in [0.3, 0.4) is 0 Å². The van der Waals surface area contributed by atoms with E-state index < -0.39 is 50.9 Å². The molecule has 3 heterocycles. The Morgan fingerprint density at radius 2 is 1.85 bits per heavy atom. The summed E-state index contributed by atoms with van der Waals surface area (Å²) >= 11 is 0. The van der Waals surface area contributed by atoms with Gasteiger partial charge in [-0.25, -0.2) is 4.79 Å². The third-order valence-electron chi connectivity index (χ3n) is 5.05. The molecule has 0 aromatic carbocycles. The van der Waals surface area contributed by atoms with E-state index in [0.717, 1.165) is 0 Å². The van der Waals surface area contributed by atoms with Crippen LogP contribution in [0, 0.1) is 11.3 Å². The van der Waals surface area contributed by atoms with Crippen LogP contribution in [-0.2, 0) is 19.5 Å². The van der Waals surface area contributed by atoms with Gasteiger partial charge < -0.3 is 10.2 Å². The number of hydrogen-bond donors (Lipinski definition) is 5. The number of amides is 3. The Balaban J connectivity index is 1.60. The predicted octanol–water partition coefficient (Wildman–Crippen LogP) is 0.243. The average Bonchev–Trinajstić information content (AvgIpc) is 2.78. The molecule has 3 aliphatic rings. The number of piperidine rings is 1. The third kappa shape index (κ3) is 4.52. The van der Waals surface area contributed by atoms with E-state index in [9.17, 15) is 27.1 Å². The van der Waals surface area contributed by atoms with E-state index in [2.05, 4.69) is 9.60 Å². The lowest BCUT2D eigenvalue weighted by Crippen LogP contribution is -2.52. The van der Waals surface area contributed by atoms with Gasteiger partial charge in [0.05, 0.1) is 12.1 Å². The third-order valence-corrected chi connectivity index (χ3v) is 7.17. The molecule has 0 aliphatic carbocycles. The summed E-state index contributed by atoms with van der Waals surface area (Å²) in [7, 11) is -7.45. The molecule has 3 fully saturated rings. The second-order valence-corrected chi connectivity index (χ2v) is 10.3. The van der Waals surface area contributed by atoms with Gasteiger partial charge >= 0.3 is 16.4 Å². The zero-order valence-corrected chi connectivity index (χ0v) is 15.9. The maximum atomic E-state index is 12.3.